The van der Waals surface area contributed by atoms with Gasteiger partial charge in [0.1, 0.15) is 5.82 Å². The second-order valence-electron chi connectivity index (χ2n) is 3.84. The zero-order valence-electron chi connectivity index (χ0n) is 10.1. The van der Waals surface area contributed by atoms with E-state index in [1.807, 2.05) is 11.6 Å². The lowest BCUT2D eigenvalue weighted by Crippen LogP contribution is -2.43. The second-order valence-corrected chi connectivity index (χ2v) is 5.52. The van der Waals surface area contributed by atoms with E-state index in [9.17, 15) is 17.6 Å². The fourth-order valence-corrected chi connectivity index (χ4v) is 2.07. The van der Waals surface area contributed by atoms with Gasteiger partial charge in [0, 0.05) is 6.04 Å². The quantitative estimate of drug-likeness (QED) is 0.876. The number of carbonyl (C=O) groups is 1. The minimum Gasteiger partial charge on any atom is -0.335 e. The lowest BCUT2D eigenvalue weighted by Gasteiger charge is -2.12. The fourth-order valence-electron chi connectivity index (χ4n) is 1.15. The number of carbonyl (C=O) groups excluding carboxylic acids is 1. The minimum atomic E-state index is -3.96. The number of sulfonamides is 1. The average molecular weight is 274 g/mol. The van der Waals surface area contributed by atoms with Crippen molar-refractivity contribution in [3.8, 4) is 0 Å². The van der Waals surface area contributed by atoms with E-state index in [2.05, 4.69) is 5.32 Å². The zero-order valence-corrected chi connectivity index (χ0v) is 10.9. The summed E-state index contributed by atoms with van der Waals surface area (Å²) in [4.78, 5) is 11.2. The highest BCUT2D eigenvalue weighted by molar-refractivity contribution is 7.90. The van der Waals surface area contributed by atoms with Gasteiger partial charge in [-0.3, -0.25) is 0 Å². The molecule has 0 spiro atoms. The summed E-state index contributed by atoms with van der Waals surface area (Å²) in [5, 5.41) is 2.46. The number of hydrogen-bond donors (Lipinski definition) is 2. The maximum Gasteiger partial charge on any atom is 0.328 e. The number of benzene rings is 1. The van der Waals surface area contributed by atoms with Crippen LogP contribution in [0.1, 0.15) is 20.3 Å². The van der Waals surface area contributed by atoms with Gasteiger partial charge in [0.25, 0.3) is 10.0 Å². The first kappa shape index (κ1) is 14.4. The van der Waals surface area contributed by atoms with E-state index in [-0.39, 0.29) is 10.9 Å². The molecule has 0 saturated carbocycles. The molecule has 7 heteroatoms. The Morgan fingerprint density at radius 3 is 2.39 bits per heavy atom. The molecule has 1 aromatic carbocycles. The molecular weight excluding hydrogens is 259 g/mol. The second kappa shape index (κ2) is 5.81. The third-order valence-corrected chi connectivity index (χ3v) is 3.69. The van der Waals surface area contributed by atoms with Crippen LogP contribution in [0, 0.1) is 5.82 Å². The van der Waals surface area contributed by atoms with Crippen molar-refractivity contribution in [3.05, 3.63) is 30.1 Å². The summed E-state index contributed by atoms with van der Waals surface area (Å²) in [6, 6.07) is 3.28. The van der Waals surface area contributed by atoms with E-state index in [0.717, 1.165) is 24.3 Å². The molecule has 0 bridgehead atoms. The summed E-state index contributed by atoms with van der Waals surface area (Å²) in [5.41, 5.74) is 0. The number of amides is 2. The van der Waals surface area contributed by atoms with Gasteiger partial charge in [0.15, 0.2) is 0 Å². The highest BCUT2D eigenvalue weighted by Crippen LogP contribution is 2.09. The van der Waals surface area contributed by atoms with Gasteiger partial charge >= 0.3 is 6.03 Å². The van der Waals surface area contributed by atoms with E-state index in [1.54, 1.807) is 6.92 Å². The van der Waals surface area contributed by atoms with Gasteiger partial charge in [0.05, 0.1) is 4.90 Å². The van der Waals surface area contributed by atoms with Gasteiger partial charge in [-0.2, -0.15) is 0 Å². The molecule has 0 aromatic heterocycles. The van der Waals surface area contributed by atoms with Crippen molar-refractivity contribution in [2.24, 2.45) is 0 Å². The molecule has 5 nitrogen and oxygen atoms in total. The molecule has 1 rings (SSSR count). The molecule has 1 aromatic rings. The predicted octanol–water partition coefficient (Wildman–Crippen LogP) is 1.61. The lowest BCUT2D eigenvalue weighted by molar-refractivity contribution is 0.242. The van der Waals surface area contributed by atoms with E-state index in [4.69, 9.17) is 0 Å². The third kappa shape index (κ3) is 3.99. The van der Waals surface area contributed by atoms with Crippen LogP contribution in [0.25, 0.3) is 0 Å². The van der Waals surface area contributed by atoms with Crippen LogP contribution in [-0.4, -0.2) is 20.5 Å². The zero-order chi connectivity index (χ0) is 13.8. The van der Waals surface area contributed by atoms with Crippen LogP contribution in [0.4, 0.5) is 9.18 Å². The molecule has 0 fully saturated rings. The minimum absolute atomic E-state index is 0.131. The van der Waals surface area contributed by atoms with Crippen molar-refractivity contribution in [1.82, 2.24) is 10.0 Å². The van der Waals surface area contributed by atoms with E-state index < -0.39 is 21.9 Å². The summed E-state index contributed by atoms with van der Waals surface area (Å²) in [5.74, 6) is -0.544. The maximum atomic E-state index is 12.7. The fraction of sp³-hybridized carbons (Fsp3) is 0.364. The van der Waals surface area contributed by atoms with Gasteiger partial charge in [-0.25, -0.2) is 22.3 Å². The molecule has 18 heavy (non-hydrogen) atoms. The molecule has 0 aliphatic carbocycles. The molecule has 1 unspecified atom stereocenters. The monoisotopic (exact) mass is 274 g/mol. The number of hydrogen-bond acceptors (Lipinski definition) is 3. The Labute approximate surface area is 105 Å². The summed E-state index contributed by atoms with van der Waals surface area (Å²) < 4.78 is 38.0. The molecule has 0 radical (unpaired) electrons. The van der Waals surface area contributed by atoms with Gasteiger partial charge in [-0.1, -0.05) is 6.92 Å². The molecule has 1 atom stereocenters. The molecule has 2 amide bonds. The average Bonchev–Trinajstić information content (AvgIpc) is 2.28. The van der Waals surface area contributed by atoms with Crippen LogP contribution >= 0.6 is 0 Å². The Morgan fingerprint density at radius 2 is 1.89 bits per heavy atom. The molecule has 100 valence electrons. The predicted molar refractivity (Wildman–Crippen MR) is 65.0 cm³/mol. The van der Waals surface area contributed by atoms with Crippen molar-refractivity contribution in [1.29, 1.82) is 0 Å². The highest BCUT2D eigenvalue weighted by Gasteiger charge is 2.18. The number of nitrogens with one attached hydrogen (secondary N) is 2. The molecule has 0 aliphatic rings. The van der Waals surface area contributed by atoms with E-state index in [0.29, 0.717) is 6.42 Å². The first-order chi connectivity index (χ1) is 8.35. The van der Waals surface area contributed by atoms with Crippen LogP contribution in [-0.2, 0) is 10.0 Å². The highest BCUT2D eigenvalue weighted by atomic mass is 32.2. The first-order valence-corrected chi connectivity index (χ1v) is 6.92. The standard InChI is InChI=1S/C11H15FN2O3S/c1-3-8(2)13-11(15)14-18(16,17)10-6-4-9(12)5-7-10/h4-8H,3H2,1-2H3,(H2,13,14,15). The smallest absolute Gasteiger partial charge is 0.328 e. The number of halogens is 1. The Hall–Kier alpha value is -1.63. The number of urea groups is 1. The van der Waals surface area contributed by atoms with Crippen LogP contribution in [0.5, 0.6) is 0 Å². The maximum absolute atomic E-state index is 12.7. The Bertz CT molecular complexity index is 514. The topological polar surface area (TPSA) is 75.3 Å². The largest absolute Gasteiger partial charge is 0.335 e. The molecule has 0 aliphatic heterocycles. The van der Waals surface area contributed by atoms with Crippen LogP contribution in [0.3, 0.4) is 0 Å². The summed E-state index contributed by atoms with van der Waals surface area (Å²) >= 11 is 0. The van der Waals surface area contributed by atoms with Crippen molar-refractivity contribution in [2.45, 2.75) is 31.2 Å². The SMILES string of the molecule is CCC(C)NC(=O)NS(=O)(=O)c1ccc(F)cc1. The van der Waals surface area contributed by atoms with Crippen molar-refractivity contribution < 1.29 is 17.6 Å². The molecule has 0 heterocycles. The first-order valence-electron chi connectivity index (χ1n) is 5.44. The van der Waals surface area contributed by atoms with Gasteiger partial charge in [0.2, 0.25) is 0 Å². The summed E-state index contributed by atoms with van der Waals surface area (Å²) in [6.45, 7) is 3.61. The Morgan fingerprint density at radius 1 is 1.33 bits per heavy atom. The normalized spacial score (nSPS) is 12.8. The molecule has 2 N–H and O–H groups in total. The van der Waals surface area contributed by atoms with Crippen LogP contribution in [0.15, 0.2) is 29.2 Å². The Kier molecular flexibility index (Phi) is 4.66. The van der Waals surface area contributed by atoms with E-state index >= 15 is 0 Å². The van der Waals surface area contributed by atoms with Crippen molar-refractivity contribution in [2.75, 3.05) is 0 Å². The third-order valence-electron chi connectivity index (χ3n) is 2.34. The van der Waals surface area contributed by atoms with Gasteiger partial charge in [-0.05, 0) is 37.6 Å². The summed E-state index contributed by atoms with van der Waals surface area (Å²) in [6.07, 6.45) is 0.685. The van der Waals surface area contributed by atoms with Gasteiger partial charge in [-0.15, -0.1) is 0 Å². The van der Waals surface area contributed by atoms with Crippen LogP contribution in [0.2, 0.25) is 0 Å². The van der Waals surface area contributed by atoms with Crippen molar-refractivity contribution in [3.63, 3.8) is 0 Å². The van der Waals surface area contributed by atoms with Crippen LogP contribution < -0.4 is 10.0 Å². The Balaban J connectivity index is 2.76. The van der Waals surface area contributed by atoms with E-state index in [1.165, 1.54) is 0 Å². The molecule has 0 saturated heterocycles. The lowest BCUT2D eigenvalue weighted by atomic mass is 10.3. The number of rotatable bonds is 4. The molecular formula is C11H15FN2O3S. The van der Waals surface area contributed by atoms with Crippen molar-refractivity contribution >= 4 is 16.1 Å². The van der Waals surface area contributed by atoms with Gasteiger partial charge < -0.3 is 5.32 Å². The summed E-state index contributed by atoms with van der Waals surface area (Å²) in [7, 11) is -3.96.